The van der Waals surface area contributed by atoms with Crippen LogP contribution < -0.4 is 24.4 Å². The molecule has 10 nitrogen and oxygen atoms in total. The standard InChI is InChI=1S/C24H26N4O6/c1-32-20-13-16(21(28(30)31)23(34-3)22(20)33-2)24(29)26-18-7-8-19(27-11-5-4-6-12-27)15-9-10-25-14-17(15)18/h7-10,13-14H,4-6,11-12H2,1-3H3,(H,26,29). The predicted octanol–water partition coefficient (Wildman–Crippen LogP) is 4.41. The monoisotopic (exact) mass is 466 g/mol. The van der Waals surface area contributed by atoms with Gasteiger partial charge < -0.3 is 24.4 Å². The molecule has 1 amide bonds. The van der Waals surface area contributed by atoms with Gasteiger partial charge in [0.05, 0.1) is 31.9 Å². The number of benzene rings is 2. The highest BCUT2D eigenvalue weighted by Crippen LogP contribution is 2.46. The molecule has 178 valence electrons. The number of nitrogens with one attached hydrogen (secondary N) is 1. The van der Waals surface area contributed by atoms with E-state index in [4.69, 9.17) is 14.2 Å². The van der Waals surface area contributed by atoms with Crippen molar-refractivity contribution < 1.29 is 23.9 Å². The van der Waals surface area contributed by atoms with Crippen LogP contribution in [-0.4, -0.2) is 50.2 Å². The van der Waals surface area contributed by atoms with Gasteiger partial charge in [0.25, 0.3) is 5.91 Å². The molecule has 4 rings (SSSR count). The Kier molecular flexibility index (Phi) is 6.67. The van der Waals surface area contributed by atoms with E-state index in [0.29, 0.717) is 5.69 Å². The van der Waals surface area contributed by atoms with Crippen LogP contribution in [0.15, 0.2) is 36.7 Å². The molecule has 0 saturated carbocycles. The van der Waals surface area contributed by atoms with Crippen molar-refractivity contribution in [3.63, 3.8) is 0 Å². The molecule has 0 spiro atoms. The number of ether oxygens (including phenoxy) is 3. The zero-order chi connectivity index (χ0) is 24.2. The summed E-state index contributed by atoms with van der Waals surface area (Å²) in [6, 6.07) is 6.96. The van der Waals surface area contributed by atoms with E-state index in [1.807, 2.05) is 12.1 Å². The lowest BCUT2D eigenvalue weighted by Gasteiger charge is -2.30. The van der Waals surface area contributed by atoms with Gasteiger partial charge in [-0.3, -0.25) is 19.9 Å². The number of nitro benzene ring substituents is 1. The normalized spacial score (nSPS) is 13.4. The van der Waals surface area contributed by atoms with Gasteiger partial charge in [-0.2, -0.15) is 0 Å². The minimum absolute atomic E-state index is 0.0359. The van der Waals surface area contributed by atoms with Gasteiger partial charge in [-0.15, -0.1) is 0 Å². The molecule has 0 radical (unpaired) electrons. The number of carbonyl (C=O) groups excluding carboxylic acids is 1. The molecule has 0 unspecified atom stereocenters. The Balaban J connectivity index is 1.78. The Morgan fingerprint density at radius 1 is 1.03 bits per heavy atom. The van der Waals surface area contributed by atoms with Crippen LogP contribution in [0.2, 0.25) is 0 Å². The van der Waals surface area contributed by atoms with Crippen molar-refractivity contribution in [2.24, 2.45) is 0 Å². The molecule has 1 saturated heterocycles. The minimum Gasteiger partial charge on any atom is -0.493 e. The number of pyridine rings is 1. The summed E-state index contributed by atoms with van der Waals surface area (Å²) < 4.78 is 15.7. The number of hydrogen-bond acceptors (Lipinski definition) is 8. The average Bonchev–Trinajstić information content (AvgIpc) is 2.87. The maximum Gasteiger partial charge on any atom is 0.327 e. The van der Waals surface area contributed by atoms with E-state index in [2.05, 4.69) is 15.2 Å². The number of rotatable bonds is 7. The quantitative estimate of drug-likeness (QED) is 0.402. The third kappa shape index (κ3) is 4.14. The van der Waals surface area contributed by atoms with Gasteiger partial charge in [-0.25, -0.2) is 0 Å². The van der Waals surface area contributed by atoms with E-state index in [0.717, 1.165) is 42.4 Å². The van der Waals surface area contributed by atoms with Crippen molar-refractivity contribution in [3.05, 3.63) is 52.3 Å². The van der Waals surface area contributed by atoms with Crippen LogP contribution in [0.3, 0.4) is 0 Å². The maximum absolute atomic E-state index is 13.3. The van der Waals surface area contributed by atoms with Gasteiger partial charge in [-0.1, -0.05) is 0 Å². The number of carbonyl (C=O) groups is 1. The Labute approximate surface area is 196 Å². The fourth-order valence-corrected chi connectivity index (χ4v) is 4.38. The molecule has 34 heavy (non-hydrogen) atoms. The van der Waals surface area contributed by atoms with Crippen LogP contribution in [0.4, 0.5) is 17.1 Å². The minimum atomic E-state index is -0.679. The molecular weight excluding hydrogens is 440 g/mol. The van der Waals surface area contributed by atoms with Gasteiger partial charge in [0.15, 0.2) is 5.75 Å². The highest BCUT2D eigenvalue weighted by atomic mass is 16.6. The van der Waals surface area contributed by atoms with E-state index in [-0.39, 0.29) is 22.8 Å². The lowest BCUT2D eigenvalue weighted by atomic mass is 10.0. The second kappa shape index (κ2) is 9.82. The average molecular weight is 466 g/mol. The predicted molar refractivity (Wildman–Crippen MR) is 129 cm³/mol. The zero-order valence-electron chi connectivity index (χ0n) is 19.3. The van der Waals surface area contributed by atoms with Crippen LogP contribution in [0.1, 0.15) is 29.6 Å². The Morgan fingerprint density at radius 3 is 2.41 bits per heavy atom. The van der Waals surface area contributed by atoms with Gasteiger partial charge in [-0.05, 0) is 37.5 Å². The van der Waals surface area contributed by atoms with Crippen LogP contribution in [0.5, 0.6) is 17.2 Å². The third-order valence-electron chi connectivity index (χ3n) is 5.97. The number of hydrogen-bond donors (Lipinski definition) is 1. The number of nitro groups is 1. The molecule has 10 heteroatoms. The summed E-state index contributed by atoms with van der Waals surface area (Å²) in [6.07, 6.45) is 6.89. The molecule has 1 aromatic heterocycles. The van der Waals surface area contributed by atoms with Crippen molar-refractivity contribution >= 4 is 33.7 Å². The largest absolute Gasteiger partial charge is 0.493 e. The Bertz CT molecular complexity index is 1240. The smallest absolute Gasteiger partial charge is 0.327 e. The number of amides is 1. The number of nitrogens with zero attached hydrogens (tertiary/aromatic N) is 3. The SMILES string of the molecule is COc1cc(C(=O)Nc2ccc(N3CCCCC3)c3ccncc23)c([N+](=O)[O-])c(OC)c1OC. The number of piperidine rings is 1. The molecule has 1 aliphatic heterocycles. The maximum atomic E-state index is 13.3. The molecule has 1 fully saturated rings. The molecule has 2 aromatic carbocycles. The van der Waals surface area contributed by atoms with E-state index < -0.39 is 16.5 Å². The molecule has 3 aromatic rings. The number of aromatic nitrogens is 1. The van der Waals surface area contributed by atoms with Crippen molar-refractivity contribution in [3.8, 4) is 17.2 Å². The molecule has 0 bridgehead atoms. The Morgan fingerprint density at radius 2 is 1.76 bits per heavy atom. The first-order valence-electron chi connectivity index (χ1n) is 10.9. The second-order valence-corrected chi connectivity index (χ2v) is 7.85. The second-order valence-electron chi connectivity index (χ2n) is 7.85. The van der Waals surface area contributed by atoms with E-state index in [1.165, 1.54) is 33.8 Å². The first-order valence-corrected chi connectivity index (χ1v) is 10.9. The fourth-order valence-electron chi connectivity index (χ4n) is 4.38. The van der Waals surface area contributed by atoms with Crippen molar-refractivity contribution in [1.82, 2.24) is 4.98 Å². The molecule has 2 heterocycles. The topological polar surface area (TPSA) is 116 Å². The third-order valence-corrected chi connectivity index (χ3v) is 5.97. The van der Waals surface area contributed by atoms with Gasteiger partial charge in [0, 0.05) is 48.0 Å². The summed E-state index contributed by atoms with van der Waals surface area (Å²) in [4.78, 5) is 31.1. The van der Waals surface area contributed by atoms with Gasteiger partial charge >= 0.3 is 5.69 Å². The van der Waals surface area contributed by atoms with Crippen LogP contribution >= 0.6 is 0 Å². The van der Waals surface area contributed by atoms with Crippen LogP contribution in [0, 0.1) is 10.1 Å². The van der Waals surface area contributed by atoms with Gasteiger partial charge in [0.2, 0.25) is 11.5 Å². The summed E-state index contributed by atoms with van der Waals surface area (Å²) in [5, 5.41) is 16.4. The molecule has 0 aliphatic carbocycles. The number of anilines is 2. The van der Waals surface area contributed by atoms with Gasteiger partial charge in [0.1, 0.15) is 5.56 Å². The number of fused-ring (bicyclic) bond motifs is 1. The first-order chi connectivity index (χ1) is 16.5. The van der Waals surface area contributed by atoms with Crippen molar-refractivity contribution in [2.45, 2.75) is 19.3 Å². The summed E-state index contributed by atoms with van der Waals surface area (Å²) in [5.74, 6) is -0.693. The summed E-state index contributed by atoms with van der Waals surface area (Å²) in [5.41, 5.74) is 0.854. The zero-order valence-corrected chi connectivity index (χ0v) is 19.3. The summed E-state index contributed by atoms with van der Waals surface area (Å²) >= 11 is 0. The lowest BCUT2D eigenvalue weighted by molar-refractivity contribution is -0.386. The summed E-state index contributed by atoms with van der Waals surface area (Å²) in [7, 11) is 3.99. The first kappa shape index (κ1) is 23.1. The highest BCUT2D eigenvalue weighted by Gasteiger charge is 2.32. The molecule has 0 atom stereocenters. The Hall–Kier alpha value is -4.08. The van der Waals surface area contributed by atoms with E-state index >= 15 is 0 Å². The fraction of sp³-hybridized carbons (Fsp3) is 0.333. The highest BCUT2D eigenvalue weighted by molar-refractivity contribution is 6.13. The molecule has 1 N–H and O–H groups in total. The lowest BCUT2D eigenvalue weighted by Crippen LogP contribution is -2.29. The van der Waals surface area contributed by atoms with E-state index in [9.17, 15) is 14.9 Å². The van der Waals surface area contributed by atoms with Crippen molar-refractivity contribution in [1.29, 1.82) is 0 Å². The van der Waals surface area contributed by atoms with Crippen LogP contribution in [-0.2, 0) is 0 Å². The molecular formula is C24H26N4O6. The number of methoxy groups -OCH3 is 3. The van der Waals surface area contributed by atoms with Crippen molar-refractivity contribution in [2.75, 3.05) is 44.6 Å². The molecule has 1 aliphatic rings. The van der Waals surface area contributed by atoms with Crippen LogP contribution in [0.25, 0.3) is 10.8 Å². The van der Waals surface area contributed by atoms with E-state index in [1.54, 1.807) is 18.5 Å². The summed E-state index contributed by atoms with van der Waals surface area (Å²) in [6.45, 7) is 1.95.